The van der Waals surface area contributed by atoms with Crippen LogP contribution in [0.15, 0.2) is 53.8 Å². The first kappa shape index (κ1) is 15.5. The number of amidine groups is 1. The fourth-order valence-electron chi connectivity index (χ4n) is 1.62. The van der Waals surface area contributed by atoms with Crippen LogP contribution in [0.2, 0.25) is 0 Å². The van der Waals surface area contributed by atoms with E-state index in [1.807, 2.05) is 12.4 Å². The van der Waals surface area contributed by atoms with E-state index < -0.39 is 0 Å². The number of hydrogen-bond donors (Lipinski definition) is 2. The first-order chi connectivity index (χ1) is 10.7. The average Bonchev–Trinajstić information content (AvgIpc) is 2.56. The molecule has 0 saturated heterocycles. The van der Waals surface area contributed by atoms with Crippen molar-refractivity contribution in [3.63, 3.8) is 0 Å². The van der Waals surface area contributed by atoms with Gasteiger partial charge in [-0.05, 0) is 42.7 Å². The van der Waals surface area contributed by atoms with E-state index in [0.717, 1.165) is 0 Å². The molecule has 1 aromatic carbocycles. The predicted octanol–water partition coefficient (Wildman–Crippen LogP) is 2.76. The van der Waals surface area contributed by atoms with Crippen LogP contribution in [-0.4, -0.2) is 22.3 Å². The van der Waals surface area contributed by atoms with Gasteiger partial charge in [-0.1, -0.05) is 11.8 Å². The van der Waals surface area contributed by atoms with Crippen molar-refractivity contribution >= 4 is 34.2 Å². The lowest BCUT2D eigenvalue weighted by Crippen LogP contribution is -2.12. The lowest BCUT2D eigenvalue weighted by atomic mass is 10.2. The fourth-order valence-corrected chi connectivity index (χ4v) is 1.96. The van der Waals surface area contributed by atoms with Crippen molar-refractivity contribution in [2.75, 3.05) is 11.6 Å². The average molecular weight is 311 g/mol. The summed E-state index contributed by atoms with van der Waals surface area (Å²) in [5.41, 5.74) is 1.81. The van der Waals surface area contributed by atoms with Gasteiger partial charge in [-0.25, -0.2) is 4.99 Å². The summed E-state index contributed by atoms with van der Waals surface area (Å²) >= 11 is 1.33. The van der Waals surface area contributed by atoms with E-state index in [9.17, 15) is 4.79 Å². The smallest absolute Gasteiger partial charge is 0.255 e. The Morgan fingerprint density at radius 3 is 2.68 bits per heavy atom. The number of nitrogens with zero attached hydrogens (tertiary/aromatic N) is 3. The van der Waals surface area contributed by atoms with Crippen molar-refractivity contribution in [1.82, 2.24) is 10.3 Å². The Hall–Kier alpha value is -2.85. The third-order valence-electron chi connectivity index (χ3n) is 2.64. The predicted molar refractivity (Wildman–Crippen MR) is 88.0 cm³/mol. The number of nitrogens with one attached hydrogen (secondary N) is 2. The first-order valence-electron chi connectivity index (χ1n) is 6.32. The molecule has 22 heavy (non-hydrogen) atoms. The maximum atomic E-state index is 12.1. The Bertz CT molecular complexity index is 707. The summed E-state index contributed by atoms with van der Waals surface area (Å²) in [5.74, 6) is -0.219. The maximum Gasteiger partial charge on any atom is 0.255 e. The zero-order valence-electron chi connectivity index (χ0n) is 11.8. The lowest BCUT2D eigenvalue weighted by Gasteiger charge is -2.05. The maximum absolute atomic E-state index is 12.1. The number of nitriles is 1. The van der Waals surface area contributed by atoms with Gasteiger partial charge >= 0.3 is 0 Å². The Labute approximate surface area is 132 Å². The summed E-state index contributed by atoms with van der Waals surface area (Å²) in [4.78, 5) is 20.3. The SMILES string of the molecule is CSC(=Nc1ccc(C(=O)Nc2cccnc2)cc1)NC#N. The van der Waals surface area contributed by atoms with Crippen molar-refractivity contribution in [2.24, 2.45) is 4.99 Å². The Morgan fingerprint density at radius 2 is 2.09 bits per heavy atom. The quantitative estimate of drug-likeness (QED) is 0.394. The van der Waals surface area contributed by atoms with Crippen LogP contribution >= 0.6 is 11.8 Å². The number of rotatable bonds is 3. The third kappa shape index (κ3) is 4.33. The van der Waals surface area contributed by atoms with Gasteiger partial charge in [0.15, 0.2) is 11.4 Å². The lowest BCUT2D eigenvalue weighted by molar-refractivity contribution is 0.102. The Morgan fingerprint density at radius 1 is 1.32 bits per heavy atom. The second-order valence-electron chi connectivity index (χ2n) is 4.10. The van der Waals surface area contributed by atoms with Crippen molar-refractivity contribution < 1.29 is 4.79 Å². The van der Waals surface area contributed by atoms with Gasteiger partial charge in [0.2, 0.25) is 0 Å². The van der Waals surface area contributed by atoms with Crippen LogP contribution in [0.1, 0.15) is 10.4 Å². The van der Waals surface area contributed by atoms with Gasteiger partial charge in [0, 0.05) is 11.8 Å². The van der Waals surface area contributed by atoms with Gasteiger partial charge in [-0.3, -0.25) is 15.1 Å². The molecule has 0 fully saturated rings. The molecule has 0 radical (unpaired) electrons. The van der Waals surface area contributed by atoms with Crippen molar-refractivity contribution in [3.05, 3.63) is 54.4 Å². The van der Waals surface area contributed by atoms with E-state index in [2.05, 4.69) is 20.6 Å². The fraction of sp³-hybridized carbons (Fsp3) is 0.0667. The van der Waals surface area contributed by atoms with Gasteiger partial charge in [0.25, 0.3) is 5.91 Å². The van der Waals surface area contributed by atoms with Gasteiger partial charge in [-0.2, -0.15) is 5.26 Å². The molecule has 2 N–H and O–H groups in total. The number of carbonyl (C=O) groups is 1. The summed E-state index contributed by atoms with van der Waals surface area (Å²) in [6, 6.07) is 10.3. The van der Waals surface area contributed by atoms with E-state index in [-0.39, 0.29) is 5.91 Å². The topological polar surface area (TPSA) is 90.2 Å². The second kappa shape index (κ2) is 7.81. The molecular weight excluding hydrogens is 298 g/mol. The minimum atomic E-state index is -0.219. The molecule has 0 saturated carbocycles. The molecular formula is C15H13N5OS. The summed E-state index contributed by atoms with van der Waals surface area (Å²) in [6.07, 6.45) is 6.86. The van der Waals surface area contributed by atoms with Crippen LogP contribution in [0.5, 0.6) is 0 Å². The number of anilines is 1. The van der Waals surface area contributed by atoms with Crippen LogP contribution in [0, 0.1) is 11.5 Å². The van der Waals surface area contributed by atoms with Crippen molar-refractivity contribution in [1.29, 1.82) is 5.26 Å². The van der Waals surface area contributed by atoms with Crippen molar-refractivity contribution in [2.45, 2.75) is 0 Å². The van der Waals surface area contributed by atoms with Crippen LogP contribution in [-0.2, 0) is 0 Å². The molecule has 0 bridgehead atoms. The largest absolute Gasteiger partial charge is 0.321 e. The zero-order chi connectivity index (χ0) is 15.8. The minimum absolute atomic E-state index is 0.219. The molecule has 2 rings (SSSR count). The highest BCUT2D eigenvalue weighted by Crippen LogP contribution is 2.16. The molecule has 0 spiro atoms. The molecule has 0 unspecified atom stereocenters. The molecule has 2 aromatic rings. The molecule has 0 aliphatic carbocycles. The zero-order valence-corrected chi connectivity index (χ0v) is 12.6. The number of benzene rings is 1. The van der Waals surface area contributed by atoms with Crippen LogP contribution < -0.4 is 10.6 Å². The second-order valence-corrected chi connectivity index (χ2v) is 4.90. The van der Waals surface area contributed by atoms with E-state index >= 15 is 0 Å². The van der Waals surface area contributed by atoms with Crippen LogP contribution in [0.25, 0.3) is 0 Å². The normalized spacial score (nSPS) is 10.6. The number of pyridine rings is 1. The molecule has 7 heteroatoms. The monoisotopic (exact) mass is 311 g/mol. The molecule has 6 nitrogen and oxygen atoms in total. The van der Waals surface area contributed by atoms with Crippen molar-refractivity contribution in [3.8, 4) is 6.19 Å². The van der Waals surface area contributed by atoms with E-state index in [1.165, 1.54) is 11.8 Å². The summed E-state index contributed by atoms with van der Waals surface area (Å²) in [7, 11) is 0. The number of hydrogen-bond acceptors (Lipinski definition) is 5. The molecule has 1 aromatic heterocycles. The number of carbonyl (C=O) groups excluding carboxylic acids is 1. The van der Waals surface area contributed by atoms with Crippen LogP contribution in [0.4, 0.5) is 11.4 Å². The summed E-state index contributed by atoms with van der Waals surface area (Å²) in [5, 5.41) is 14.3. The van der Waals surface area contributed by atoms with Gasteiger partial charge in [-0.15, -0.1) is 0 Å². The molecule has 1 heterocycles. The highest BCUT2D eigenvalue weighted by Gasteiger charge is 2.06. The number of thioether (sulfide) groups is 1. The van der Waals surface area contributed by atoms with E-state index in [0.29, 0.717) is 22.1 Å². The van der Waals surface area contributed by atoms with Gasteiger partial charge in [0.05, 0.1) is 17.6 Å². The van der Waals surface area contributed by atoms with E-state index in [4.69, 9.17) is 5.26 Å². The molecule has 110 valence electrons. The Balaban J connectivity index is 2.08. The first-order valence-corrected chi connectivity index (χ1v) is 7.54. The molecule has 1 amide bonds. The highest BCUT2D eigenvalue weighted by atomic mass is 32.2. The number of aromatic nitrogens is 1. The molecule has 0 aliphatic rings. The third-order valence-corrected chi connectivity index (χ3v) is 3.22. The Kier molecular flexibility index (Phi) is 5.51. The minimum Gasteiger partial charge on any atom is -0.321 e. The standard InChI is InChI=1S/C15H13N5OS/c1-22-15(18-10-16)20-12-6-4-11(5-7-12)14(21)19-13-3-2-8-17-9-13/h2-9H,1H3,(H,18,20)(H,19,21). The molecule has 0 atom stereocenters. The van der Waals surface area contributed by atoms with Gasteiger partial charge in [0.1, 0.15) is 0 Å². The van der Waals surface area contributed by atoms with E-state index in [1.54, 1.807) is 48.8 Å². The van der Waals surface area contributed by atoms with Crippen LogP contribution in [0.3, 0.4) is 0 Å². The number of amides is 1. The van der Waals surface area contributed by atoms with Gasteiger partial charge < -0.3 is 5.32 Å². The highest BCUT2D eigenvalue weighted by molar-refractivity contribution is 8.13. The number of aliphatic imine (C=N–C) groups is 1. The molecule has 0 aliphatic heterocycles. The summed E-state index contributed by atoms with van der Waals surface area (Å²) < 4.78 is 0. The summed E-state index contributed by atoms with van der Waals surface area (Å²) in [6.45, 7) is 0.